The number of amides is 6. The quantitative estimate of drug-likeness (QED) is 0.147. The first-order valence-electron chi connectivity index (χ1n) is 34.7. The first-order chi connectivity index (χ1) is 41.9. The zero-order chi connectivity index (χ0) is 68.1. The smallest absolute Gasteiger partial charge is 0.294 e. The summed E-state index contributed by atoms with van der Waals surface area (Å²) in [7, 11) is 8.09. The Bertz CT molecular complexity index is 2070. The summed E-state index contributed by atoms with van der Waals surface area (Å²) in [6.45, 7) is 51.3. The predicted molar refractivity (Wildman–Crippen MR) is 372 cm³/mol. The van der Waals surface area contributed by atoms with E-state index in [1.807, 2.05) is 81.8 Å². The summed E-state index contributed by atoms with van der Waals surface area (Å²) in [6, 6.07) is 3.58. The van der Waals surface area contributed by atoms with Crippen LogP contribution in [0.4, 0.5) is 0 Å². The van der Waals surface area contributed by atoms with Crippen LogP contribution in [0.5, 0.6) is 0 Å². The molecule has 7 heterocycles. The summed E-state index contributed by atoms with van der Waals surface area (Å²) >= 11 is 1.58. The molecule has 0 radical (unpaired) electrons. The van der Waals surface area contributed by atoms with Gasteiger partial charge in [-0.3, -0.25) is 28.8 Å². The number of hydrogen-bond donors (Lipinski definition) is 0. The van der Waals surface area contributed by atoms with Crippen LogP contribution in [0.3, 0.4) is 0 Å². The maximum Gasteiger partial charge on any atom is 0.294 e. The molecule has 5 saturated heterocycles. The van der Waals surface area contributed by atoms with E-state index in [9.17, 15) is 28.8 Å². The molecule has 88 heavy (non-hydrogen) atoms. The van der Waals surface area contributed by atoms with Gasteiger partial charge in [-0.1, -0.05) is 188 Å². The number of unbranched alkanes of at least 4 members (excludes halogenated alkanes) is 2. The third kappa shape index (κ3) is 33.6. The number of nitrogens with zero attached hydrogens (tertiary/aromatic N) is 10. The topological polar surface area (TPSA) is 158 Å². The van der Waals surface area contributed by atoms with Gasteiger partial charge in [0.1, 0.15) is 37.7 Å². The van der Waals surface area contributed by atoms with Gasteiger partial charge in [-0.2, -0.15) is 0 Å². The number of hydrogen-bond acceptors (Lipinski definition) is 12. The normalized spacial score (nSPS) is 18.0. The summed E-state index contributed by atoms with van der Waals surface area (Å²) < 4.78 is 5.32. The molecule has 3 unspecified atom stereocenters. The molecule has 0 N–H and O–H groups in total. The second-order valence-corrected chi connectivity index (χ2v) is 25.3. The van der Waals surface area contributed by atoms with Crippen molar-refractivity contribution in [2.45, 2.75) is 247 Å². The van der Waals surface area contributed by atoms with E-state index >= 15 is 0 Å². The molecule has 5 aliphatic rings. The van der Waals surface area contributed by atoms with Crippen LogP contribution in [0.25, 0.3) is 0 Å². The number of aryl methyl sites for hydroxylation is 1. The lowest BCUT2D eigenvalue weighted by atomic mass is 9.96. The lowest BCUT2D eigenvalue weighted by Gasteiger charge is -2.45. The van der Waals surface area contributed by atoms with Crippen molar-refractivity contribution in [1.82, 2.24) is 49.3 Å². The number of likely N-dealkylation sites (tertiary alicyclic amines) is 2. The van der Waals surface area contributed by atoms with Gasteiger partial charge in [-0.05, 0) is 130 Å². The van der Waals surface area contributed by atoms with E-state index in [-0.39, 0.29) is 61.0 Å². The van der Waals surface area contributed by atoms with Crippen LogP contribution in [0.1, 0.15) is 260 Å². The molecule has 514 valence electrons. The van der Waals surface area contributed by atoms with Gasteiger partial charge in [0, 0.05) is 36.0 Å². The molecular formula is C70H136N10O7S. The van der Waals surface area contributed by atoms with Crippen molar-refractivity contribution < 1.29 is 33.3 Å². The maximum absolute atomic E-state index is 13.2. The highest BCUT2D eigenvalue weighted by Crippen LogP contribution is 2.28. The van der Waals surface area contributed by atoms with Crippen LogP contribution in [0.15, 0.2) is 22.0 Å². The number of thiophene rings is 1. The van der Waals surface area contributed by atoms with Crippen molar-refractivity contribution in [1.29, 1.82) is 0 Å². The van der Waals surface area contributed by atoms with E-state index in [1.165, 1.54) is 70.9 Å². The highest BCUT2D eigenvalue weighted by molar-refractivity contribution is 7.10. The predicted octanol–water partition coefficient (Wildman–Crippen LogP) is 14.4. The second-order valence-electron chi connectivity index (χ2n) is 24.3. The van der Waals surface area contributed by atoms with Crippen LogP contribution < -0.4 is 0 Å². The van der Waals surface area contributed by atoms with Crippen molar-refractivity contribution in [2.75, 3.05) is 107 Å². The molecule has 0 spiro atoms. The Morgan fingerprint density at radius 2 is 1.09 bits per heavy atom. The molecule has 0 bridgehead atoms. The molecule has 6 amide bonds. The summed E-state index contributed by atoms with van der Waals surface area (Å²) in [5, 5.41) is 5.92. The fraction of sp³-hybridized carbons (Fsp3) is 0.814. The van der Waals surface area contributed by atoms with Crippen molar-refractivity contribution in [2.24, 2.45) is 23.7 Å². The monoisotopic (exact) mass is 1260 g/mol. The highest BCUT2D eigenvalue weighted by atomic mass is 32.1. The number of piperazine rings is 2. The first kappa shape index (κ1) is 87.8. The van der Waals surface area contributed by atoms with Crippen LogP contribution in [0.2, 0.25) is 0 Å². The van der Waals surface area contributed by atoms with E-state index in [0.717, 1.165) is 70.1 Å². The SMILES string of the molecule is CC.CC.CC(c1cc(C(=O)N2CC(=O)N3CC(=O)N(CC4CCN(C)CC4)CC32)on1)N(C)C.CCC.CCC.CCC(C)C.CCC(C)C.CCCC.CCCC.CCc1cc(C(=O)N(CC)C2CN(CC3CCN(C)CC3)C(=O)CN2C=O)cs1. The molecule has 0 aliphatic carbocycles. The standard InChI is InChI=1S/C21H32N6O4.C21H32N4O3S.2C5H12.2C4H10.2C3H8.2C2H6/c1-14(23(2)3)16-9-17(31-22-16)21(30)27-13-20(29)26-12-19(28)25(11-18(26)27)10-15-5-7-24(4)8-6-15;1-4-18-10-17(14-29-18)21(28)25(5-2)19-12-23(20(27)13-24(19)15-26)11-16-6-8-22(3)9-7-16;2*1-4-5(2)3;2*1-3-4-2;2*1-3-2;2*1-2/h9,14-15,18H,5-8,10-13H2,1-4H3;10,14-16,19H,4-9,11-13H2,1-3H3;2*5H,4H2,1-3H3;2*3-4H2,1-2H3;2*3H2,1-2H3;2*1-2H3. The Kier molecular flexibility index (Phi) is 52.1. The third-order valence-corrected chi connectivity index (χ3v) is 16.7. The second kappa shape index (κ2) is 52.3. The van der Waals surface area contributed by atoms with Crippen LogP contribution in [-0.4, -0.2) is 204 Å². The number of rotatable bonds is 16. The number of likely N-dealkylation sites (N-methyl/N-ethyl adjacent to an activating group) is 1. The number of carbonyl (C=O) groups excluding carboxylic acids is 6. The lowest BCUT2D eigenvalue weighted by molar-refractivity contribution is -0.148. The molecule has 3 atom stereocenters. The lowest BCUT2D eigenvalue weighted by Crippen LogP contribution is -2.63. The van der Waals surface area contributed by atoms with Crippen LogP contribution in [-0.2, 0) is 25.6 Å². The first-order valence-corrected chi connectivity index (χ1v) is 35.5. The van der Waals surface area contributed by atoms with Crippen LogP contribution in [0, 0.1) is 23.7 Å². The van der Waals surface area contributed by atoms with Crippen molar-refractivity contribution in [3.05, 3.63) is 39.4 Å². The fourth-order valence-electron chi connectivity index (χ4n) is 8.76. The third-order valence-electron chi connectivity index (χ3n) is 15.6. The zero-order valence-electron chi connectivity index (χ0n) is 61.3. The van der Waals surface area contributed by atoms with Gasteiger partial charge in [0.2, 0.25) is 29.9 Å². The Labute approximate surface area is 544 Å². The molecule has 7 rings (SSSR count). The van der Waals surface area contributed by atoms with E-state index in [2.05, 4.69) is 133 Å². The van der Waals surface area contributed by atoms with E-state index in [1.54, 1.807) is 22.3 Å². The number of carbonyl (C=O) groups is 6. The van der Waals surface area contributed by atoms with Gasteiger partial charge >= 0.3 is 0 Å². The minimum absolute atomic E-state index is 0.000611. The van der Waals surface area contributed by atoms with Crippen molar-refractivity contribution >= 4 is 47.3 Å². The molecule has 2 aromatic heterocycles. The van der Waals surface area contributed by atoms with E-state index in [0.29, 0.717) is 62.2 Å². The summed E-state index contributed by atoms with van der Waals surface area (Å²) in [5.74, 6) is 2.12. The molecule has 18 heteroatoms. The maximum atomic E-state index is 13.2. The molecule has 17 nitrogen and oxygen atoms in total. The number of fused-ring (bicyclic) bond motifs is 1. The Hall–Kier alpha value is -4.39. The molecule has 0 aromatic carbocycles. The number of piperidine rings is 2. The van der Waals surface area contributed by atoms with Gasteiger partial charge in [0.25, 0.3) is 11.8 Å². The van der Waals surface area contributed by atoms with Gasteiger partial charge in [-0.25, -0.2) is 0 Å². The van der Waals surface area contributed by atoms with Gasteiger partial charge in [-0.15, -0.1) is 11.3 Å². The van der Waals surface area contributed by atoms with Crippen molar-refractivity contribution in [3.63, 3.8) is 0 Å². The molecular weight excluding hydrogens is 1120 g/mol. The number of aromatic nitrogens is 1. The van der Waals surface area contributed by atoms with Gasteiger partial charge in [0.15, 0.2) is 0 Å². The van der Waals surface area contributed by atoms with Crippen molar-refractivity contribution in [3.8, 4) is 0 Å². The molecule has 5 fully saturated rings. The molecule has 5 aliphatic heterocycles. The summed E-state index contributed by atoms with van der Waals surface area (Å²) in [6.07, 6.45) is 15.4. The van der Waals surface area contributed by atoms with E-state index < -0.39 is 12.3 Å². The fourth-order valence-corrected chi connectivity index (χ4v) is 9.57. The minimum atomic E-state index is -0.455. The highest BCUT2D eigenvalue weighted by Gasteiger charge is 2.47. The average Bonchev–Trinajstić information content (AvgIpc) is 4.50. The average molecular weight is 1260 g/mol. The minimum Gasteiger partial charge on any atom is -0.351 e. The summed E-state index contributed by atoms with van der Waals surface area (Å²) in [4.78, 5) is 93.6. The van der Waals surface area contributed by atoms with Gasteiger partial charge < -0.3 is 48.6 Å². The Balaban J connectivity index is -0.00000116. The summed E-state index contributed by atoms with van der Waals surface area (Å²) in [5.41, 5.74) is 1.33. The van der Waals surface area contributed by atoms with E-state index in [4.69, 9.17) is 4.52 Å². The van der Waals surface area contributed by atoms with Gasteiger partial charge in [0.05, 0.1) is 24.7 Å². The molecule has 2 aromatic rings. The largest absolute Gasteiger partial charge is 0.351 e. The molecule has 0 saturated carbocycles. The Morgan fingerprint density at radius 1 is 0.659 bits per heavy atom. The van der Waals surface area contributed by atoms with Crippen LogP contribution >= 0.6 is 11.3 Å². The Morgan fingerprint density at radius 3 is 1.47 bits per heavy atom. The zero-order valence-corrected chi connectivity index (χ0v) is 62.1.